The van der Waals surface area contributed by atoms with Gasteiger partial charge >= 0.3 is 6.18 Å². The molecule has 2 N–H and O–H groups in total. The van der Waals surface area contributed by atoms with Crippen LogP contribution in [0.15, 0.2) is 46.5 Å². The number of nitrogens with zero attached hydrogens (tertiary/aromatic N) is 4. The van der Waals surface area contributed by atoms with Crippen molar-refractivity contribution in [3.05, 3.63) is 59.0 Å². The van der Waals surface area contributed by atoms with Crippen molar-refractivity contribution in [2.75, 3.05) is 6.61 Å². The van der Waals surface area contributed by atoms with Crippen molar-refractivity contribution >= 4 is 16.1 Å². The first-order valence-corrected chi connectivity index (χ1v) is 11.4. The SMILES string of the molecule is CCn1cc(S(=O)(=O)c2n[nH]c3c2CN(C(C=O)(CO)c2ccccc2)C3)c(C(F)(F)F)n1. The molecule has 4 rings (SSSR count). The highest BCUT2D eigenvalue weighted by atomic mass is 32.2. The molecule has 1 aromatic carbocycles. The minimum Gasteiger partial charge on any atom is -0.394 e. The molecule has 33 heavy (non-hydrogen) atoms. The number of halogens is 3. The molecule has 9 nitrogen and oxygen atoms in total. The third kappa shape index (κ3) is 3.65. The zero-order valence-electron chi connectivity index (χ0n) is 17.4. The molecule has 1 atom stereocenters. The van der Waals surface area contributed by atoms with Crippen LogP contribution in [0.1, 0.15) is 29.4 Å². The number of aldehydes is 1. The van der Waals surface area contributed by atoms with Gasteiger partial charge in [0.15, 0.2) is 10.7 Å². The van der Waals surface area contributed by atoms with E-state index in [-0.39, 0.29) is 25.2 Å². The number of rotatable bonds is 7. The standard InChI is InChI=1S/C20H20F3N5O4S/c1-2-28-10-16(17(26-28)20(21,22)23)33(31,32)18-14-8-27(9-15(14)24-25-18)19(11-29,12-30)13-6-4-3-5-7-13/h3-7,10-11,30H,2,8-9,12H2,1H3,(H,24,25). The fourth-order valence-corrected chi connectivity index (χ4v) is 5.52. The fourth-order valence-electron chi connectivity index (χ4n) is 3.96. The maximum absolute atomic E-state index is 13.5. The summed E-state index contributed by atoms with van der Waals surface area (Å²) in [6, 6.07) is 8.44. The van der Waals surface area contributed by atoms with E-state index in [2.05, 4.69) is 15.3 Å². The van der Waals surface area contributed by atoms with Crippen LogP contribution in [0.2, 0.25) is 0 Å². The van der Waals surface area contributed by atoms with Gasteiger partial charge in [-0.05, 0) is 12.5 Å². The number of carbonyl (C=O) groups excluding carboxylic acids is 1. The van der Waals surface area contributed by atoms with E-state index in [4.69, 9.17) is 0 Å². The van der Waals surface area contributed by atoms with Gasteiger partial charge < -0.3 is 9.90 Å². The van der Waals surface area contributed by atoms with Gasteiger partial charge in [0.25, 0.3) is 0 Å². The number of aryl methyl sites for hydroxylation is 1. The molecule has 3 aromatic rings. The Labute approximate surface area is 186 Å². The van der Waals surface area contributed by atoms with Crippen LogP contribution >= 0.6 is 0 Å². The molecule has 1 unspecified atom stereocenters. The van der Waals surface area contributed by atoms with Crippen molar-refractivity contribution in [3.63, 3.8) is 0 Å². The van der Waals surface area contributed by atoms with Crippen molar-refractivity contribution in [2.45, 2.75) is 48.2 Å². The highest BCUT2D eigenvalue weighted by Crippen LogP contribution is 2.40. The number of benzene rings is 1. The smallest absolute Gasteiger partial charge is 0.394 e. The summed E-state index contributed by atoms with van der Waals surface area (Å²) in [6.07, 6.45) is -3.58. The number of H-pyrrole nitrogens is 1. The van der Waals surface area contributed by atoms with Crippen LogP contribution in [0.5, 0.6) is 0 Å². The normalized spacial score (nSPS) is 16.5. The minimum atomic E-state index is -4.98. The van der Waals surface area contributed by atoms with Crippen LogP contribution < -0.4 is 0 Å². The topological polar surface area (TPSA) is 121 Å². The van der Waals surface area contributed by atoms with E-state index >= 15 is 0 Å². The van der Waals surface area contributed by atoms with Gasteiger partial charge in [0, 0.05) is 31.4 Å². The molecule has 0 radical (unpaired) electrons. The largest absolute Gasteiger partial charge is 0.436 e. The second kappa shape index (κ2) is 8.08. The molecule has 0 aliphatic carbocycles. The molecule has 0 bridgehead atoms. The molecule has 0 amide bonds. The van der Waals surface area contributed by atoms with Crippen LogP contribution in [0.4, 0.5) is 13.2 Å². The lowest BCUT2D eigenvalue weighted by Gasteiger charge is -2.36. The zero-order valence-corrected chi connectivity index (χ0v) is 18.2. The summed E-state index contributed by atoms with van der Waals surface area (Å²) in [7, 11) is -4.69. The van der Waals surface area contributed by atoms with Gasteiger partial charge in [-0.15, -0.1) is 0 Å². The van der Waals surface area contributed by atoms with E-state index in [9.17, 15) is 31.5 Å². The van der Waals surface area contributed by atoms with Gasteiger partial charge in [-0.25, -0.2) is 8.42 Å². The summed E-state index contributed by atoms with van der Waals surface area (Å²) < 4.78 is 67.9. The van der Waals surface area contributed by atoms with Crippen molar-refractivity contribution < 1.29 is 31.5 Å². The van der Waals surface area contributed by atoms with Gasteiger partial charge in [0.2, 0.25) is 9.84 Å². The predicted octanol–water partition coefficient (Wildman–Crippen LogP) is 1.88. The number of hydrogen-bond donors (Lipinski definition) is 2. The molecule has 176 valence electrons. The van der Waals surface area contributed by atoms with E-state index in [1.165, 1.54) is 6.92 Å². The zero-order chi connectivity index (χ0) is 24.0. The van der Waals surface area contributed by atoms with Crippen molar-refractivity contribution in [2.24, 2.45) is 0 Å². The number of nitrogens with one attached hydrogen (secondary N) is 1. The molecule has 2 aromatic heterocycles. The molecule has 0 fully saturated rings. The minimum absolute atomic E-state index is 0.0341. The number of aliphatic hydroxyl groups is 1. The second-order valence-electron chi connectivity index (χ2n) is 7.61. The Bertz CT molecular complexity index is 1290. The number of carbonyl (C=O) groups is 1. The molecule has 0 saturated heterocycles. The Balaban J connectivity index is 1.77. The number of hydrogen-bond acceptors (Lipinski definition) is 7. The van der Waals surface area contributed by atoms with Crippen molar-refractivity contribution in [3.8, 4) is 0 Å². The number of aromatic nitrogens is 4. The fraction of sp³-hybridized carbons (Fsp3) is 0.350. The van der Waals surface area contributed by atoms with Crippen LogP contribution in [0.3, 0.4) is 0 Å². The number of alkyl halides is 3. The molecule has 13 heteroatoms. The maximum atomic E-state index is 13.5. The maximum Gasteiger partial charge on any atom is 0.436 e. The Morgan fingerprint density at radius 1 is 1.21 bits per heavy atom. The summed E-state index contributed by atoms with van der Waals surface area (Å²) >= 11 is 0. The van der Waals surface area contributed by atoms with E-state index in [1.54, 1.807) is 35.2 Å². The lowest BCUT2D eigenvalue weighted by atomic mass is 9.90. The molecular formula is C20H20F3N5O4S. The van der Waals surface area contributed by atoms with E-state index < -0.39 is 43.8 Å². The van der Waals surface area contributed by atoms with Crippen LogP contribution in [0.25, 0.3) is 0 Å². The van der Waals surface area contributed by atoms with E-state index in [0.717, 1.165) is 10.9 Å². The van der Waals surface area contributed by atoms with Crippen molar-refractivity contribution in [1.29, 1.82) is 0 Å². The highest BCUT2D eigenvalue weighted by molar-refractivity contribution is 7.91. The summed E-state index contributed by atoms with van der Waals surface area (Å²) in [5, 5.41) is 19.3. The summed E-state index contributed by atoms with van der Waals surface area (Å²) in [5.41, 5.74) is -2.01. The predicted molar refractivity (Wildman–Crippen MR) is 107 cm³/mol. The molecule has 0 saturated carbocycles. The van der Waals surface area contributed by atoms with E-state index in [1.807, 2.05) is 0 Å². The summed E-state index contributed by atoms with van der Waals surface area (Å²) in [6.45, 7) is 0.900. The average Bonchev–Trinajstić information content (AvgIpc) is 3.50. The Morgan fingerprint density at radius 3 is 2.48 bits per heavy atom. The van der Waals surface area contributed by atoms with Gasteiger partial charge in [-0.2, -0.15) is 23.4 Å². The first-order chi connectivity index (χ1) is 15.6. The van der Waals surface area contributed by atoms with Gasteiger partial charge in [-0.3, -0.25) is 14.7 Å². The Hall–Kier alpha value is -3.03. The van der Waals surface area contributed by atoms with Gasteiger partial charge in [0.05, 0.1) is 12.3 Å². The first kappa shape index (κ1) is 23.1. The summed E-state index contributed by atoms with van der Waals surface area (Å²) in [5.74, 6) is 0. The molecule has 3 heterocycles. The van der Waals surface area contributed by atoms with Crippen molar-refractivity contribution in [1.82, 2.24) is 24.9 Å². The lowest BCUT2D eigenvalue weighted by molar-refractivity contribution is -0.143. The Kier molecular flexibility index (Phi) is 5.66. The molecule has 1 aliphatic heterocycles. The van der Waals surface area contributed by atoms with E-state index in [0.29, 0.717) is 17.5 Å². The lowest BCUT2D eigenvalue weighted by Crippen LogP contribution is -2.47. The third-order valence-corrected chi connectivity index (χ3v) is 7.48. The average molecular weight is 483 g/mol. The molecular weight excluding hydrogens is 463 g/mol. The van der Waals surface area contributed by atoms with Gasteiger partial charge in [0.1, 0.15) is 16.7 Å². The van der Waals surface area contributed by atoms with Crippen LogP contribution in [-0.4, -0.2) is 51.3 Å². The van der Waals surface area contributed by atoms with Gasteiger partial charge in [-0.1, -0.05) is 30.3 Å². The quantitative estimate of drug-likeness (QED) is 0.492. The highest BCUT2D eigenvalue weighted by Gasteiger charge is 2.46. The molecule has 1 aliphatic rings. The molecule has 0 spiro atoms. The number of fused-ring (bicyclic) bond motifs is 1. The number of aliphatic hydroxyl groups excluding tert-OH is 1. The summed E-state index contributed by atoms with van der Waals surface area (Å²) in [4.78, 5) is 12.7. The Morgan fingerprint density at radius 2 is 1.91 bits per heavy atom. The monoisotopic (exact) mass is 483 g/mol. The number of sulfone groups is 1. The number of aromatic amines is 1. The van der Waals surface area contributed by atoms with Crippen LogP contribution in [0, 0.1) is 0 Å². The van der Waals surface area contributed by atoms with Crippen LogP contribution in [-0.2, 0) is 46.0 Å². The first-order valence-electron chi connectivity index (χ1n) is 9.92. The third-order valence-electron chi connectivity index (χ3n) is 5.75. The second-order valence-corrected chi connectivity index (χ2v) is 9.44.